The van der Waals surface area contributed by atoms with Crippen LogP contribution in [0.4, 0.5) is 0 Å². The molecule has 5 nitrogen and oxygen atoms in total. The Kier molecular flexibility index (Phi) is 8.33. The van der Waals surface area contributed by atoms with E-state index in [2.05, 4.69) is 4.52 Å². The van der Waals surface area contributed by atoms with Crippen LogP contribution < -0.4 is 0 Å². The first-order valence-corrected chi connectivity index (χ1v) is 5.38. The molecule has 0 aliphatic heterocycles. The summed E-state index contributed by atoms with van der Waals surface area (Å²) in [5, 5.41) is 0. The van der Waals surface area contributed by atoms with Crippen molar-refractivity contribution in [2.24, 2.45) is 0 Å². The quantitative estimate of drug-likeness (QED) is 0.305. The minimum absolute atomic E-state index is 0.201. The lowest BCUT2D eigenvalue weighted by molar-refractivity contribution is -0.137. The van der Waals surface area contributed by atoms with Gasteiger partial charge in [-0.1, -0.05) is 6.08 Å². The van der Waals surface area contributed by atoms with Crippen LogP contribution in [-0.2, 0) is 18.6 Å². The molecule has 80 valence electrons. The third-order valence-electron chi connectivity index (χ3n) is 1.29. The van der Waals surface area contributed by atoms with Gasteiger partial charge in [-0.05, 0) is 19.8 Å². The lowest BCUT2D eigenvalue weighted by atomic mass is 10.3. The lowest BCUT2D eigenvalue weighted by Gasteiger charge is -1.99. The molecule has 14 heavy (non-hydrogen) atoms. The largest absolute Gasteiger partial charge is 0.694 e. The van der Waals surface area contributed by atoms with Crippen LogP contribution in [0.5, 0.6) is 0 Å². The van der Waals surface area contributed by atoms with Gasteiger partial charge in [-0.3, -0.25) is 0 Å². The van der Waals surface area contributed by atoms with E-state index >= 15 is 0 Å². The van der Waals surface area contributed by atoms with Crippen LogP contribution in [0.15, 0.2) is 12.2 Å². The first kappa shape index (κ1) is 13.2. The predicted octanol–water partition coefficient (Wildman–Crippen LogP) is 1.55. The molecule has 0 spiro atoms. The van der Waals surface area contributed by atoms with Gasteiger partial charge in [-0.2, -0.15) is 0 Å². The Balaban J connectivity index is 3.21. The Morgan fingerprint density at radius 1 is 1.43 bits per heavy atom. The molecule has 1 unspecified atom stereocenters. The highest BCUT2D eigenvalue weighted by atomic mass is 31.1. The van der Waals surface area contributed by atoms with Crippen molar-refractivity contribution >= 4 is 14.2 Å². The molecule has 6 heteroatoms. The van der Waals surface area contributed by atoms with Crippen molar-refractivity contribution < 1.29 is 23.5 Å². The molecule has 0 aromatic heterocycles. The molecule has 0 amide bonds. The Morgan fingerprint density at radius 2 is 2.07 bits per heavy atom. The maximum absolute atomic E-state index is 10.8. The Labute approximate surface area is 83.7 Å². The van der Waals surface area contributed by atoms with Gasteiger partial charge in [0.15, 0.2) is 0 Å². The molecule has 0 rings (SSSR count). The maximum Gasteiger partial charge on any atom is 0.694 e. The molecule has 1 atom stereocenters. The number of hydrogen-bond acceptors (Lipinski definition) is 4. The zero-order valence-electron chi connectivity index (χ0n) is 8.01. The van der Waals surface area contributed by atoms with Crippen LogP contribution in [0.2, 0.25) is 0 Å². The molecule has 0 bridgehead atoms. The average molecular weight is 221 g/mol. The van der Waals surface area contributed by atoms with Gasteiger partial charge in [0, 0.05) is 10.6 Å². The van der Waals surface area contributed by atoms with E-state index in [1.165, 1.54) is 6.08 Å². The minimum atomic E-state index is -2.51. The van der Waals surface area contributed by atoms with Crippen molar-refractivity contribution in [1.82, 2.24) is 0 Å². The van der Waals surface area contributed by atoms with Gasteiger partial charge in [0.2, 0.25) is 0 Å². The van der Waals surface area contributed by atoms with Crippen LogP contribution >= 0.6 is 8.25 Å². The number of unbranched alkanes of at least 4 members (excludes halogenated alkanes) is 1. The van der Waals surface area contributed by atoms with Crippen LogP contribution in [0.25, 0.3) is 0 Å². The molecule has 0 aromatic rings. The summed E-state index contributed by atoms with van der Waals surface area (Å²) in [5.41, 5.74) is 0. The highest BCUT2D eigenvalue weighted by Crippen LogP contribution is 2.14. The van der Waals surface area contributed by atoms with Crippen molar-refractivity contribution in [2.75, 3.05) is 13.2 Å². The molecule has 0 fully saturated rings. The number of rotatable bonds is 7. The summed E-state index contributed by atoms with van der Waals surface area (Å²) in [4.78, 5) is 19.0. The van der Waals surface area contributed by atoms with Crippen molar-refractivity contribution in [3.63, 3.8) is 0 Å². The van der Waals surface area contributed by atoms with Gasteiger partial charge in [-0.25, -0.2) is 4.79 Å². The van der Waals surface area contributed by atoms with Crippen LogP contribution in [0.3, 0.4) is 0 Å². The van der Waals surface area contributed by atoms with E-state index in [1.807, 2.05) is 0 Å². The average Bonchev–Trinajstić information content (AvgIpc) is 2.11. The second-order valence-corrected chi connectivity index (χ2v) is 3.18. The van der Waals surface area contributed by atoms with E-state index in [0.717, 1.165) is 0 Å². The van der Waals surface area contributed by atoms with Gasteiger partial charge >= 0.3 is 14.2 Å². The normalized spacial score (nSPS) is 11.7. The summed E-state index contributed by atoms with van der Waals surface area (Å²) >= 11 is 0. The van der Waals surface area contributed by atoms with Crippen molar-refractivity contribution in [3.05, 3.63) is 12.2 Å². The first-order valence-electron chi connectivity index (χ1n) is 4.25. The third-order valence-corrected chi connectivity index (χ3v) is 1.69. The third kappa shape index (κ3) is 9.32. The predicted molar refractivity (Wildman–Crippen MR) is 50.8 cm³/mol. The number of ether oxygens (including phenoxy) is 1. The summed E-state index contributed by atoms with van der Waals surface area (Å²) in [6.07, 6.45) is 4.14. The number of allylic oxidation sites excluding steroid dienone is 1. The molecular formula is C8H14O5P+. The number of esters is 1. The highest BCUT2D eigenvalue weighted by molar-refractivity contribution is 7.32. The monoisotopic (exact) mass is 221 g/mol. The van der Waals surface area contributed by atoms with Gasteiger partial charge in [0.05, 0.1) is 6.61 Å². The van der Waals surface area contributed by atoms with Gasteiger partial charge in [0.1, 0.15) is 6.61 Å². The number of carbonyl (C=O) groups excluding carboxylic acids is 1. The van der Waals surface area contributed by atoms with Crippen LogP contribution in [0.1, 0.15) is 19.8 Å². The second kappa shape index (κ2) is 8.81. The van der Waals surface area contributed by atoms with E-state index in [1.54, 1.807) is 13.0 Å². The van der Waals surface area contributed by atoms with Crippen molar-refractivity contribution in [1.29, 1.82) is 0 Å². The zero-order chi connectivity index (χ0) is 10.8. The fourth-order valence-corrected chi connectivity index (χ4v) is 0.989. The van der Waals surface area contributed by atoms with E-state index in [-0.39, 0.29) is 12.6 Å². The van der Waals surface area contributed by atoms with Gasteiger partial charge in [-0.15, -0.1) is 9.42 Å². The van der Waals surface area contributed by atoms with E-state index in [0.29, 0.717) is 19.4 Å². The zero-order valence-corrected chi connectivity index (χ0v) is 8.90. The summed E-state index contributed by atoms with van der Waals surface area (Å²) < 4.78 is 19.2. The Hall–Kier alpha value is -0.770. The van der Waals surface area contributed by atoms with E-state index < -0.39 is 8.25 Å². The lowest BCUT2D eigenvalue weighted by Crippen LogP contribution is -2.02. The molecule has 0 aromatic carbocycles. The maximum atomic E-state index is 10.8. The fourth-order valence-electron chi connectivity index (χ4n) is 0.704. The summed E-state index contributed by atoms with van der Waals surface area (Å²) in [6.45, 7) is 2.23. The summed E-state index contributed by atoms with van der Waals surface area (Å²) in [5.74, 6) is -0.373. The Morgan fingerprint density at radius 3 is 2.64 bits per heavy atom. The van der Waals surface area contributed by atoms with Gasteiger partial charge < -0.3 is 4.74 Å². The highest BCUT2D eigenvalue weighted by Gasteiger charge is 2.10. The second-order valence-electron chi connectivity index (χ2n) is 2.45. The SMILES string of the molecule is CC=CC(=O)OCCCCO[P+](=O)O. The first-order chi connectivity index (χ1) is 6.66. The van der Waals surface area contributed by atoms with Crippen LogP contribution in [0, 0.1) is 0 Å². The molecule has 0 aliphatic carbocycles. The van der Waals surface area contributed by atoms with E-state index in [9.17, 15) is 9.36 Å². The molecular weight excluding hydrogens is 207 g/mol. The fraction of sp³-hybridized carbons (Fsp3) is 0.625. The van der Waals surface area contributed by atoms with Crippen molar-refractivity contribution in [2.45, 2.75) is 19.8 Å². The number of hydrogen-bond donors (Lipinski definition) is 1. The molecule has 0 saturated carbocycles. The van der Waals surface area contributed by atoms with E-state index in [4.69, 9.17) is 9.63 Å². The number of carbonyl (C=O) groups is 1. The van der Waals surface area contributed by atoms with Crippen LogP contribution in [-0.4, -0.2) is 24.1 Å². The smallest absolute Gasteiger partial charge is 0.463 e. The Bertz CT molecular complexity index is 214. The molecule has 0 heterocycles. The standard InChI is InChI=1S/C8H13O5P/c1-2-5-8(9)12-6-3-4-7-13-14(10)11/h2,5H,3-4,6-7H2,1H3/p+1. The molecule has 0 saturated heterocycles. The minimum Gasteiger partial charge on any atom is -0.463 e. The molecule has 0 aliphatic rings. The summed E-state index contributed by atoms with van der Waals surface area (Å²) in [6, 6.07) is 0. The summed E-state index contributed by atoms with van der Waals surface area (Å²) in [7, 11) is -2.51. The molecule has 0 radical (unpaired) electrons. The topological polar surface area (TPSA) is 72.8 Å². The van der Waals surface area contributed by atoms with Gasteiger partial charge in [0.25, 0.3) is 0 Å². The van der Waals surface area contributed by atoms with Crippen molar-refractivity contribution in [3.8, 4) is 0 Å². The molecule has 1 N–H and O–H groups in total.